The lowest BCUT2D eigenvalue weighted by molar-refractivity contribution is 0.0806. The zero-order valence-electron chi connectivity index (χ0n) is 16.2. The molecule has 2 bridgehead atoms. The van der Waals surface area contributed by atoms with Gasteiger partial charge in [0, 0.05) is 11.1 Å². The van der Waals surface area contributed by atoms with Crippen molar-refractivity contribution in [2.75, 3.05) is 26.4 Å². The van der Waals surface area contributed by atoms with Crippen LogP contribution in [0.4, 0.5) is 0 Å². The van der Waals surface area contributed by atoms with Crippen LogP contribution in [0.1, 0.15) is 44.9 Å². The summed E-state index contributed by atoms with van der Waals surface area (Å²) < 4.78 is 22.2. The molecule has 6 aliphatic rings. The molecule has 4 aliphatic heterocycles. The van der Waals surface area contributed by atoms with Crippen molar-refractivity contribution < 1.29 is 18.9 Å². The molecular formula is C21H34N2O4. The van der Waals surface area contributed by atoms with Crippen LogP contribution in [0.15, 0.2) is 0 Å². The molecule has 4 N–H and O–H groups in total. The standard InChI is InChI=1S/C21H34N2O4/c22-20(4-14-8-24-14,5-15-9-25-15)18-2-12-1-13(18)3-19(12)21(23,6-16-10-26-16)7-17-11-27-17/h12-19H,1-11,22-23H2. The van der Waals surface area contributed by atoms with Crippen molar-refractivity contribution in [3.05, 3.63) is 0 Å². The maximum absolute atomic E-state index is 7.08. The minimum absolute atomic E-state index is 0.122. The first kappa shape index (κ1) is 17.6. The summed E-state index contributed by atoms with van der Waals surface area (Å²) in [6.07, 6.45) is 9.34. The number of hydrogen-bond donors (Lipinski definition) is 2. The molecule has 0 spiro atoms. The van der Waals surface area contributed by atoms with Gasteiger partial charge >= 0.3 is 0 Å². The summed E-state index contributed by atoms with van der Waals surface area (Å²) in [6, 6.07) is 0. The molecule has 0 radical (unpaired) electrons. The van der Waals surface area contributed by atoms with Crippen LogP contribution in [0.3, 0.4) is 0 Å². The minimum Gasteiger partial charge on any atom is -0.373 e. The topological polar surface area (TPSA) is 102 Å². The summed E-state index contributed by atoms with van der Waals surface area (Å²) in [7, 11) is 0. The minimum atomic E-state index is -0.122. The molecule has 0 aromatic carbocycles. The van der Waals surface area contributed by atoms with E-state index in [9.17, 15) is 0 Å². The summed E-state index contributed by atoms with van der Waals surface area (Å²) in [4.78, 5) is 0. The van der Waals surface area contributed by atoms with Crippen LogP contribution < -0.4 is 11.5 Å². The molecule has 6 rings (SSSR count). The monoisotopic (exact) mass is 378 g/mol. The second-order valence-electron chi connectivity index (χ2n) is 10.5. The lowest BCUT2D eigenvalue weighted by Gasteiger charge is -2.46. The zero-order valence-corrected chi connectivity index (χ0v) is 16.2. The van der Waals surface area contributed by atoms with Gasteiger partial charge in [-0.1, -0.05) is 0 Å². The predicted molar refractivity (Wildman–Crippen MR) is 99.1 cm³/mol. The lowest BCUT2D eigenvalue weighted by Crippen LogP contribution is -2.55. The molecule has 6 heteroatoms. The first-order valence-corrected chi connectivity index (χ1v) is 11.0. The van der Waals surface area contributed by atoms with Gasteiger partial charge in [-0.2, -0.15) is 0 Å². The Morgan fingerprint density at radius 1 is 0.556 bits per heavy atom. The van der Waals surface area contributed by atoms with Gasteiger partial charge in [-0.25, -0.2) is 0 Å². The van der Waals surface area contributed by atoms with Crippen LogP contribution in [0.2, 0.25) is 0 Å². The first-order valence-electron chi connectivity index (χ1n) is 11.0. The Morgan fingerprint density at radius 2 is 0.852 bits per heavy atom. The average Bonchev–Trinajstić information content (AvgIpc) is 3.38. The van der Waals surface area contributed by atoms with E-state index in [0.29, 0.717) is 48.1 Å². The fraction of sp³-hybridized carbons (Fsp3) is 1.00. The highest BCUT2D eigenvalue weighted by atomic mass is 16.6. The van der Waals surface area contributed by atoms with Crippen LogP contribution in [0.25, 0.3) is 0 Å². The van der Waals surface area contributed by atoms with E-state index >= 15 is 0 Å². The second kappa shape index (κ2) is 6.13. The first-order chi connectivity index (χ1) is 13.0. The number of fused-ring (bicyclic) bond motifs is 2. The van der Waals surface area contributed by atoms with Gasteiger partial charge in [0.05, 0.1) is 50.8 Å². The Labute approximate surface area is 161 Å². The Hall–Kier alpha value is -0.240. The van der Waals surface area contributed by atoms with Crippen molar-refractivity contribution in [2.45, 2.75) is 80.4 Å². The summed E-state index contributed by atoms with van der Waals surface area (Å²) in [5, 5.41) is 0. The molecule has 6 fully saturated rings. The van der Waals surface area contributed by atoms with Crippen LogP contribution in [0, 0.1) is 23.7 Å². The zero-order chi connectivity index (χ0) is 18.2. The van der Waals surface area contributed by atoms with E-state index in [2.05, 4.69) is 0 Å². The maximum Gasteiger partial charge on any atom is 0.0827 e. The van der Waals surface area contributed by atoms with Crippen LogP contribution in [0.5, 0.6) is 0 Å². The highest BCUT2D eigenvalue weighted by Crippen LogP contribution is 2.60. The lowest BCUT2D eigenvalue weighted by atomic mass is 9.63. The molecule has 2 saturated carbocycles. The molecular weight excluding hydrogens is 344 g/mol. The Morgan fingerprint density at radius 3 is 1.07 bits per heavy atom. The van der Waals surface area contributed by atoms with Gasteiger partial charge in [-0.15, -0.1) is 0 Å². The number of rotatable bonds is 10. The third kappa shape index (κ3) is 3.58. The smallest absolute Gasteiger partial charge is 0.0827 e. The molecule has 0 aromatic rings. The van der Waals surface area contributed by atoms with Gasteiger partial charge in [0.15, 0.2) is 0 Å². The fourth-order valence-electron chi connectivity index (χ4n) is 6.90. The molecule has 8 atom stereocenters. The Balaban J connectivity index is 1.17. The molecule has 0 aromatic heterocycles. The Kier molecular flexibility index (Phi) is 4.00. The van der Waals surface area contributed by atoms with E-state index in [1.54, 1.807) is 0 Å². The number of hydrogen-bond acceptors (Lipinski definition) is 6. The number of ether oxygens (including phenoxy) is 4. The van der Waals surface area contributed by atoms with Crippen molar-refractivity contribution in [3.8, 4) is 0 Å². The van der Waals surface area contributed by atoms with E-state index in [-0.39, 0.29) is 11.1 Å². The van der Waals surface area contributed by atoms with Gasteiger partial charge in [-0.05, 0) is 68.6 Å². The van der Waals surface area contributed by atoms with Crippen LogP contribution in [-0.4, -0.2) is 61.9 Å². The van der Waals surface area contributed by atoms with E-state index in [4.69, 9.17) is 30.4 Å². The summed E-state index contributed by atoms with van der Waals surface area (Å²) in [5.41, 5.74) is 13.9. The van der Waals surface area contributed by atoms with Crippen molar-refractivity contribution in [3.63, 3.8) is 0 Å². The van der Waals surface area contributed by atoms with Crippen molar-refractivity contribution in [1.82, 2.24) is 0 Å². The van der Waals surface area contributed by atoms with E-state index in [1.807, 2.05) is 0 Å². The van der Waals surface area contributed by atoms with Gasteiger partial charge < -0.3 is 30.4 Å². The van der Waals surface area contributed by atoms with Crippen LogP contribution >= 0.6 is 0 Å². The van der Waals surface area contributed by atoms with Gasteiger partial charge in [0.25, 0.3) is 0 Å². The van der Waals surface area contributed by atoms with E-state index < -0.39 is 0 Å². The molecule has 27 heavy (non-hydrogen) atoms. The third-order valence-electron chi connectivity index (χ3n) is 8.37. The molecule has 6 nitrogen and oxygen atoms in total. The maximum atomic E-state index is 7.08. The van der Waals surface area contributed by atoms with Gasteiger partial charge in [-0.3, -0.25) is 0 Å². The van der Waals surface area contributed by atoms with Crippen molar-refractivity contribution >= 4 is 0 Å². The van der Waals surface area contributed by atoms with Crippen molar-refractivity contribution in [1.29, 1.82) is 0 Å². The number of epoxide rings is 4. The second-order valence-corrected chi connectivity index (χ2v) is 10.5. The summed E-state index contributed by atoms with van der Waals surface area (Å²) >= 11 is 0. The SMILES string of the molecule is NC(CC1CO1)(CC1CO1)C1CC2CC1CC2C(N)(CC1CO1)CC1CO1. The predicted octanol–water partition coefficient (Wildman–Crippen LogP) is 1.20. The normalized spacial score (nSPS) is 50.9. The van der Waals surface area contributed by atoms with Crippen molar-refractivity contribution in [2.24, 2.45) is 35.1 Å². The largest absolute Gasteiger partial charge is 0.373 e. The Bertz CT molecular complexity index is 507. The average molecular weight is 379 g/mol. The summed E-state index contributed by atoms with van der Waals surface area (Å²) in [5.74, 6) is 2.63. The highest BCUT2D eigenvalue weighted by molar-refractivity contribution is 5.13. The van der Waals surface area contributed by atoms with Gasteiger partial charge in [0.2, 0.25) is 0 Å². The van der Waals surface area contributed by atoms with Crippen LogP contribution in [-0.2, 0) is 18.9 Å². The van der Waals surface area contributed by atoms with E-state index in [0.717, 1.165) is 52.1 Å². The molecule has 4 heterocycles. The molecule has 8 unspecified atom stereocenters. The van der Waals surface area contributed by atoms with Gasteiger partial charge in [0.1, 0.15) is 0 Å². The molecule has 0 amide bonds. The fourth-order valence-corrected chi connectivity index (χ4v) is 6.90. The van der Waals surface area contributed by atoms with E-state index in [1.165, 1.54) is 19.3 Å². The number of nitrogens with two attached hydrogens (primary N) is 2. The quantitative estimate of drug-likeness (QED) is 0.554. The third-order valence-corrected chi connectivity index (χ3v) is 8.37. The highest BCUT2D eigenvalue weighted by Gasteiger charge is 2.59. The molecule has 2 aliphatic carbocycles. The summed E-state index contributed by atoms with van der Waals surface area (Å²) in [6.45, 7) is 3.57. The molecule has 152 valence electrons. The molecule has 4 saturated heterocycles.